The number of hydrazone groups is 1. The number of aldehydes is 1. The van der Waals surface area contributed by atoms with Gasteiger partial charge in [0.2, 0.25) is 0 Å². The van der Waals surface area contributed by atoms with Gasteiger partial charge in [0.15, 0.2) is 18.1 Å². The lowest BCUT2D eigenvalue weighted by atomic mass is 9.98. The summed E-state index contributed by atoms with van der Waals surface area (Å²) in [4.78, 5) is 24.2. The second-order valence-corrected chi connectivity index (χ2v) is 8.04. The molecule has 0 saturated heterocycles. The van der Waals surface area contributed by atoms with Crippen LogP contribution in [-0.2, 0) is 4.79 Å². The maximum atomic E-state index is 13.2. The van der Waals surface area contributed by atoms with Gasteiger partial charge in [-0.1, -0.05) is 35.9 Å². The number of hydrogen-bond donors (Lipinski definition) is 0. The third kappa shape index (κ3) is 5.05. The van der Waals surface area contributed by atoms with E-state index in [4.69, 9.17) is 25.8 Å². The molecule has 34 heavy (non-hydrogen) atoms. The third-order valence-electron chi connectivity index (χ3n) is 5.52. The van der Waals surface area contributed by atoms with Gasteiger partial charge in [0.25, 0.3) is 5.91 Å². The van der Waals surface area contributed by atoms with Gasteiger partial charge in [-0.2, -0.15) is 5.10 Å². The Bertz CT molecular complexity index is 1210. The van der Waals surface area contributed by atoms with Crippen LogP contribution < -0.4 is 14.2 Å². The minimum absolute atomic E-state index is 0.249. The first-order valence-corrected chi connectivity index (χ1v) is 11.0. The fraction of sp³-hybridized carbons (Fsp3) is 0.192. The average molecular weight is 479 g/mol. The van der Waals surface area contributed by atoms with E-state index < -0.39 is 0 Å². The zero-order valence-corrected chi connectivity index (χ0v) is 19.5. The molecule has 3 aromatic rings. The van der Waals surface area contributed by atoms with Crippen LogP contribution in [0.3, 0.4) is 0 Å². The topological polar surface area (TPSA) is 77.4 Å². The van der Waals surface area contributed by atoms with Crippen LogP contribution in [0.5, 0.6) is 17.2 Å². The van der Waals surface area contributed by atoms with Gasteiger partial charge in [-0.3, -0.25) is 9.59 Å². The van der Waals surface area contributed by atoms with Crippen molar-refractivity contribution in [2.45, 2.75) is 12.5 Å². The lowest BCUT2D eigenvalue weighted by molar-refractivity contribution is -0.135. The SMILES string of the molecule is COc1ccc(C2CC(c3ccc(Cl)cc3)=NN2C(=O)COc2ccc(C=O)cc2OC)cc1. The fourth-order valence-electron chi connectivity index (χ4n) is 3.73. The predicted molar refractivity (Wildman–Crippen MR) is 129 cm³/mol. The van der Waals surface area contributed by atoms with Crippen LogP contribution in [0.4, 0.5) is 0 Å². The molecule has 7 nitrogen and oxygen atoms in total. The summed E-state index contributed by atoms with van der Waals surface area (Å²) in [5.41, 5.74) is 3.05. The highest BCUT2D eigenvalue weighted by molar-refractivity contribution is 6.30. The molecule has 0 N–H and O–H groups in total. The molecular weight excluding hydrogens is 456 g/mol. The highest BCUT2D eigenvalue weighted by Crippen LogP contribution is 2.34. The molecule has 8 heteroatoms. The fourth-order valence-corrected chi connectivity index (χ4v) is 3.85. The number of carbonyl (C=O) groups excluding carboxylic acids is 2. The zero-order valence-electron chi connectivity index (χ0n) is 18.7. The van der Waals surface area contributed by atoms with E-state index in [1.54, 1.807) is 37.4 Å². The van der Waals surface area contributed by atoms with E-state index in [9.17, 15) is 9.59 Å². The smallest absolute Gasteiger partial charge is 0.281 e. The summed E-state index contributed by atoms with van der Waals surface area (Å²) in [6.45, 7) is -0.249. The van der Waals surface area contributed by atoms with E-state index in [0.717, 1.165) is 22.6 Å². The van der Waals surface area contributed by atoms with Crippen LogP contribution in [0.1, 0.15) is 33.9 Å². The van der Waals surface area contributed by atoms with Crippen molar-refractivity contribution < 1.29 is 23.8 Å². The molecule has 0 fully saturated rings. The van der Waals surface area contributed by atoms with Gasteiger partial charge in [0.1, 0.15) is 12.0 Å². The summed E-state index contributed by atoms with van der Waals surface area (Å²) < 4.78 is 16.3. The van der Waals surface area contributed by atoms with Crippen molar-refractivity contribution in [3.05, 3.63) is 88.4 Å². The normalized spacial score (nSPS) is 15.0. The summed E-state index contributed by atoms with van der Waals surface area (Å²) >= 11 is 6.03. The van der Waals surface area contributed by atoms with E-state index >= 15 is 0 Å². The Balaban J connectivity index is 1.58. The molecule has 3 aromatic carbocycles. The maximum Gasteiger partial charge on any atom is 0.281 e. The van der Waals surface area contributed by atoms with Gasteiger partial charge in [-0.25, -0.2) is 5.01 Å². The van der Waals surface area contributed by atoms with Crippen molar-refractivity contribution in [3.63, 3.8) is 0 Å². The second-order valence-electron chi connectivity index (χ2n) is 7.60. The summed E-state index contributed by atoms with van der Waals surface area (Å²) in [5, 5.41) is 6.72. The van der Waals surface area contributed by atoms with Crippen molar-refractivity contribution in [2.75, 3.05) is 20.8 Å². The quantitative estimate of drug-likeness (QED) is 0.429. The number of carbonyl (C=O) groups is 2. The van der Waals surface area contributed by atoms with Gasteiger partial charge in [-0.15, -0.1) is 0 Å². The molecule has 1 heterocycles. The second kappa shape index (κ2) is 10.4. The minimum atomic E-state index is -0.314. The average Bonchev–Trinajstić information content (AvgIpc) is 3.33. The molecule has 1 atom stereocenters. The Kier molecular flexibility index (Phi) is 7.13. The first-order chi connectivity index (χ1) is 16.5. The van der Waals surface area contributed by atoms with Crippen LogP contribution in [0.2, 0.25) is 5.02 Å². The number of amides is 1. The molecule has 0 radical (unpaired) electrons. The molecule has 0 saturated carbocycles. The Hall–Kier alpha value is -3.84. The molecule has 4 rings (SSSR count). The number of ether oxygens (including phenoxy) is 3. The first-order valence-electron chi connectivity index (χ1n) is 10.6. The summed E-state index contributed by atoms with van der Waals surface area (Å²) in [6, 6.07) is 19.4. The number of methoxy groups -OCH3 is 2. The molecule has 1 unspecified atom stereocenters. The monoisotopic (exact) mass is 478 g/mol. The zero-order chi connectivity index (χ0) is 24.1. The minimum Gasteiger partial charge on any atom is -0.497 e. The van der Waals surface area contributed by atoms with Gasteiger partial charge in [0, 0.05) is 17.0 Å². The lowest BCUT2D eigenvalue weighted by Crippen LogP contribution is -2.31. The van der Waals surface area contributed by atoms with Crippen molar-refractivity contribution in [1.29, 1.82) is 0 Å². The van der Waals surface area contributed by atoms with E-state index in [-0.39, 0.29) is 18.6 Å². The largest absolute Gasteiger partial charge is 0.497 e. The predicted octanol–water partition coefficient (Wildman–Crippen LogP) is 4.93. The molecule has 1 aliphatic rings. The highest BCUT2D eigenvalue weighted by atomic mass is 35.5. The van der Waals surface area contributed by atoms with E-state index in [2.05, 4.69) is 5.10 Å². The molecular formula is C26H23ClN2O5. The standard InChI is InChI=1S/C26H23ClN2O5/c1-32-21-10-6-19(7-11-21)23-14-22(18-4-8-20(27)9-5-18)28-29(23)26(31)16-34-24-12-3-17(15-30)13-25(24)33-2/h3-13,15,23H,14,16H2,1-2H3. The van der Waals surface area contributed by atoms with Crippen molar-refractivity contribution in [1.82, 2.24) is 5.01 Å². The Labute approximate surface area is 202 Å². The van der Waals surface area contributed by atoms with Crippen LogP contribution in [-0.4, -0.2) is 43.7 Å². The molecule has 0 aromatic heterocycles. The van der Waals surface area contributed by atoms with Gasteiger partial charge >= 0.3 is 0 Å². The summed E-state index contributed by atoms with van der Waals surface area (Å²) in [6.07, 6.45) is 1.26. The molecule has 1 aliphatic heterocycles. The van der Waals surface area contributed by atoms with Crippen LogP contribution in [0, 0.1) is 0 Å². The highest BCUT2D eigenvalue weighted by Gasteiger charge is 2.33. The van der Waals surface area contributed by atoms with Crippen LogP contribution >= 0.6 is 11.6 Å². The molecule has 1 amide bonds. The number of benzene rings is 3. The van der Waals surface area contributed by atoms with Crippen molar-refractivity contribution in [3.8, 4) is 17.2 Å². The lowest BCUT2D eigenvalue weighted by Gasteiger charge is -2.22. The van der Waals surface area contributed by atoms with Crippen molar-refractivity contribution in [2.24, 2.45) is 5.10 Å². The summed E-state index contributed by atoms with van der Waals surface area (Å²) in [7, 11) is 3.08. The van der Waals surface area contributed by atoms with E-state index in [1.807, 2.05) is 36.4 Å². The molecule has 174 valence electrons. The number of halogens is 1. The maximum absolute atomic E-state index is 13.2. The Morgan fingerprint density at radius 2 is 1.76 bits per heavy atom. The number of hydrogen-bond acceptors (Lipinski definition) is 6. The Morgan fingerprint density at radius 1 is 1.03 bits per heavy atom. The number of nitrogens with zero attached hydrogens (tertiary/aromatic N) is 2. The number of rotatable bonds is 8. The van der Waals surface area contributed by atoms with Gasteiger partial charge in [-0.05, 0) is 53.6 Å². The van der Waals surface area contributed by atoms with Gasteiger partial charge in [0.05, 0.1) is 26.0 Å². The van der Waals surface area contributed by atoms with E-state index in [0.29, 0.717) is 34.8 Å². The van der Waals surface area contributed by atoms with Crippen molar-refractivity contribution >= 4 is 29.5 Å². The Morgan fingerprint density at radius 3 is 2.41 bits per heavy atom. The molecule has 0 spiro atoms. The molecule has 0 bridgehead atoms. The first kappa shape index (κ1) is 23.3. The van der Waals surface area contributed by atoms with Crippen LogP contribution in [0.25, 0.3) is 0 Å². The van der Waals surface area contributed by atoms with Gasteiger partial charge < -0.3 is 14.2 Å². The summed E-state index contributed by atoms with van der Waals surface area (Å²) in [5.74, 6) is 1.15. The van der Waals surface area contributed by atoms with E-state index in [1.165, 1.54) is 12.1 Å². The third-order valence-corrected chi connectivity index (χ3v) is 5.77. The van der Waals surface area contributed by atoms with Crippen LogP contribution in [0.15, 0.2) is 71.8 Å². The molecule has 0 aliphatic carbocycles.